The van der Waals surface area contributed by atoms with Gasteiger partial charge >= 0.3 is 0 Å². The van der Waals surface area contributed by atoms with Crippen LogP contribution in [0.1, 0.15) is 32.3 Å². The second-order valence-corrected chi connectivity index (χ2v) is 4.73. The molecule has 96 valence electrons. The highest BCUT2D eigenvalue weighted by molar-refractivity contribution is 5.39. The first-order chi connectivity index (χ1) is 8.06. The van der Waals surface area contributed by atoms with E-state index in [1.54, 1.807) is 7.11 Å². The molecule has 3 nitrogen and oxygen atoms in total. The maximum Gasteiger partial charge on any atom is 0.123 e. The average Bonchev–Trinajstić information content (AvgIpc) is 2.34. The smallest absolute Gasteiger partial charge is 0.123 e. The number of aliphatic hydroxyl groups excluding tert-OH is 1. The van der Waals surface area contributed by atoms with Crippen LogP contribution in [0.5, 0.6) is 11.5 Å². The molecule has 0 aromatic heterocycles. The molecule has 0 aliphatic carbocycles. The van der Waals surface area contributed by atoms with Crippen LogP contribution in [0.2, 0.25) is 0 Å². The highest BCUT2D eigenvalue weighted by Gasteiger charge is 2.09. The van der Waals surface area contributed by atoms with Crippen molar-refractivity contribution in [3.05, 3.63) is 23.8 Å². The van der Waals surface area contributed by atoms with Gasteiger partial charge in [-0.15, -0.1) is 0 Å². The molecule has 1 rings (SSSR count). The highest BCUT2D eigenvalue weighted by Crippen LogP contribution is 2.27. The SMILES string of the molecule is COc1cc(OCC(C)C)cc(C(C)CO)c1. The maximum atomic E-state index is 9.18. The lowest BCUT2D eigenvalue weighted by Gasteiger charge is -2.14. The van der Waals surface area contributed by atoms with Crippen LogP contribution in [-0.4, -0.2) is 25.4 Å². The van der Waals surface area contributed by atoms with Crippen molar-refractivity contribution in [2.75, 3.05) is 20.3 Å². The van der Waals surface area contributed by atoms with Gasteiger partial charge in [-0.2, -0.15) is 0 Å². The van der Waals surface area contributed by atoms with Crippen LogP contribution >= 0.6 is 0 Å². The second-order valence-electron chi connectivity index (χ2n) is 4.73. The minimum absolute atomic E-state index is 0.0894. The Bertz CT molecular complexity index is 347. The Balaban J connectivity index is 2.88. The van der Waals surface area contributed by atoms with Crippen molar-refractivity contribution in [2.45, 2.75) is 26.7 Å². The molecule has 0 spiro atoms. The monoisotopic (exact) mass is 238 g/mol. The van der Waals surface area contributed by atoms with E-state index in [9.17, 15) is 5.11 Å². The van der Waals surface area contributed by atoms with Gasteiger partial charge in [-0.1, -0.05) is 20.8 Å². The van der Waals surface area contributed by atoms with Crippen molar-refractivity contribution in [3.63, 3.8) is 0 Å². The summed E-state index contributed by atoms with van der Waals surface area (Å²) in [5.41, 5.74) is 1.03. The first kappa shape index (κ1) is 13.8. The van der Waals surface area contributed by atoms with Crippen LogP contribution in [0, 0.1) is 5.92 Å². The molecule has 0 amide bonds. The summed E-state index contributed by atoms with van der Waals surface area (Å²) in [6.07, 6.45) is 0. The number of rotatable bonds is 6. The van der Waals surface area contributed by atoms with Crippen LogP contribution in [-0.2, 0) is 0 Å². The van der Waals surface area contributed by atoms with Gasteiger partial charge in [-0.3, -0.25) is 0 Å². The van der Waals surface area contributed by atoms with E-state index >= 15 is 0 Å². The molecule has 0 radical (unpaired) electrons. The van der Waals surface area contributed by atoms with Crippen LogP contribution in [0.3, 0.4) is 0 Å². The van der Waals surface area contributed by atoms with Gasteiger partial charge < -0.3 is 14.6 Å². The van der Waals surface area contributed by atoms with Crippen LogP contribution in [0.4, 0.5) is 0 Å². The molecule has 0 fully saturated rings. The molecular formula is C14H22O3. The summed E-state index contributed by atoms with van der Waals surface area (Å²) >= 11 is 0. The third kappa shape index (κ3) is 4.27. The van der Waals surface area contributed by atoms with Gasteiger partial charge in [0, 0.05) is 18.6 Å². The second kappa shape index (κ2) is 6.50. The predicted molar refractivity (Wildman–Crippen MR) is 68.8 cm³/mol. The number of hydrogen-bond acceptors (Lipinski definition) is 3. The third-order valence-corrected chi connectivity index (χ3v) is 2.56. The quantitative estimate of drug-likeness (QED) is 0.828. The topological polar surface area (TPSA) is 38.7 Å². The zero-order valence-corrected chi connectivity index (χ0v) is 11.1. The van der Waals surface area contributed by atoms with Crippen LogP contribution in [0.25, 0.3) is 0 Å². The molecule has 0 aliphatic rings. The van der Waals surface area contributed by atoms with E-state index in [2.05, 4.69) is 13.8 Å². The van der Waals surface area contributed by atoms with E-state index in [0.29, 0.717) is 12.5 Å². The van der Waals surface area contributed by atoms with Crippen molar-refractivity contribution in [1.82, 2.24) is 0 Å². The molecule has 1 aromatic rings. The van der Waals surface area contributed by atoms with Crippen LogP contribution in [0.15, 0.2) is 18.2 Å². The van der Waals surface area contributed by atoms with E-state index in [-0.39, 0.29) is 12.5 Å². The van der Waals surface area contributed by atoms with Crippen molar-refractivity contribution in [1.29, 1.82) is 0 Å². The van der Waals surface area contributed by atoms with Gasteiger partial charge in [-0.25, -0.2) is 0 Å². The van der Waals surface area contributed by atoms with Gasteiger partial charge in [0.05, 0.1) is 13.7 Å². The Hall–Kier alpha value is -1.22. The predicted octanol–water partition coefficient (Wildman–Crippen LogP) is 2.83. The fourth-order valence-corrected chi connectivity index (χ4v) is 1.45. The molecule has 3 heteroatoms. The standard InChI is InChI=1S/C14H22O3/c1-10(2)9-17-14-6-12(11(3)8-15)5-13(7-14)16-4/h5-7,10-11,15H,8-9H2,1-4H3. The third-order valence-electron chi connectivity index (χ3n) is 2.56. The minimum atomic E-state index is 0.0894. The van der Waals surface area contributed by atoms with Gasteiger partial charge in [0.25, 0.3) is 0 Å². The van der Waals surface area contributed by atoms with Crippen molar-refractivity contribution in [2.24, 2.45) is 5.92 Å². The Labute approximate surface area is 103 Å². The molecule has 0 saturated heterocycles. The Morgan fingerprint density at radius 3 is 2.29 bits per heavy atom. The molecule has 1 aromatic carbocycles. The summed E-state index contributed by atoms with van der Waals surface area (Å²) in [5.74, 6) is 2.14. The maximum absolute atomic E-state index is 9.18. The minimum Gasteiger partial charge on any atom is -0.497 e. The first-order valence-corrected chi connectivity index (χ1v) is 5.99. The highest BCUT2D eigenvalue weighted by atomic mass is 16.5. The Morgan fingerprint density at radius 1 is 1.12 bits per heavy atom. The number of ether oxygens (including phenoxy) is 2. The molecular weight excluding hydrogens is 216 g/mol. The zero-order valence-electron chi connectivity index (χ0n) is 11.1. The van der Waals surface area contributed by atoms with Gasteiger partial charge in [0.2, 0.25) is 0 Å². The fourth-order valence-electron chi connectivity index (χ4n) is 1.45. The van der Waals surface area contributed by atoms with E-state index in [1.807, 2.05) is 25.1 Å². The molecule has 0 aliphatic heterocycles. The Kier molecular flexibility index (Phi) is 5.29. The molecule has 1 unspecified atom stereocenters. The summed E-state index contributed by atoms with van der Waals surface area (Å²) in [4.78, 5) is 0. The van der Waals surface area contributed by atoms with Crippen molar-refractivity contribution < 1.29 is 14.6 Å². The van der Waals surface area contributed by atoms with E-state index in [0.717, 1.165) is 17.1 Å². The summed E-state index contributed by atoms with van der Waals surface area (Å²) in [5, 5.41) is 9.18. The van der Waals surface area contributed by atoms with Crippen molar-refractivity contribution >= 4 is 0 Å². The normalized spacial score (nSPS) is 12.6. The lowest BCUT2D eigenvalue weighted by molar-refractivity contribution is 0.264. The van der Waals surface area contributed by atoms with E-state index < -0.39 is 0 Å². The molecule has 1 atom stereocenters. The molecule has 17 heavy (non-hydrogen) atoms. The first-order valence-electron chi connectivity index (χ1n) is 5.99. The Morgan fingerprint density at radius 2 is 1.76 bits per heavy atom. The van der Waals surface area contributed by atoms with Crippen LogP contribution < -0.4 is 9.47 Å². The molecule has 1 N–H and O–H groups in total. The summed E-state index contributed by atoms with van der Waals surface area (Å²) < 4.78 is 10.9. The lowest BCUT2D eigenvalue weighted by atomic mass is 10.0. The average molecular weight is 238 g/mol. The van der Waals surface area contributed by atoms with Crippen molar-refractivity contribution in [3.8, 4) is 11.5 Å². The van der Waals surface area contributed by atoms with E-state index in [4.69, 9.17) is 9.47 Å². The molecule has 0 bridgehead atoms. The summed E-state index contributed by atoms with van der Waals surface area (Å²) in [7, 11) is 1.63. The summed E-state index contributed by atoms with van der Waals surface area (Å²) in [6, 6.07) is 5.77. The van der Waals surface area contributed by atoms with Gasteiger partial charge in [-0.05, 0) is 23.6 Å². The molecule has 0 saturated carbocycles. The summed E-state index contributed by atoms with van der Waals surface area (Å²) in [6.45, 7) is 6.99. The van der Waals surface area contributed by atoms with Gasteiger partial charge in [0.15, 0.2) is 0 Å². The fraction of sp³-hybridized carbons (Fsp3) is 0.571. The van der Waals surface area contributed by atoms with E-state index in [1.165, 1.54) is 0 Å². The zero-order chi connectivity index (χ0) is 12.8. The van der Waals surface area contributed by atoms with Gasteiger partial charge in [0.1, 0.15) is 11.5 Å². The number of benzene rings is 1. The lowest BCUT2D eigenvalue weighted by Crippen LogP contribution is -2.06. The largest absolute Gasteiger partial charge is 0.497 e. The molecule has 0 heterocycles. The number of aliphatic hydroxyl groups is 1. The number of hydrogen-bond donors (Lipinski definition) is 1. The number of methoxy groups -OCH3 is 1.